The molecule has 0 bridgehead atoms. The zero-order chi connectivity index (χ0) is 22.4. The first-order valence-corrected chi connectivity index (χ1v) is 12.0. The summed E-state index contributed by atoms with van der Waals surface area (Å²) in [5.41, 5.74) is -0.994. The van der Waals surface area contributed by atoms with Gasteiger partial charge in [-0.3, -0.25) is 4.79 Å². The van der Waals surface area contributed by atoms with Crippen LogP contribution >= 0.6 is 0 Å². The van der Waals surface area contributed by atoms with Crippen LogP contribution in [0.1, 0.15) is 57.9 Å². The smallest absolute Gasteiger partial charge is 0.356 e. The van der Waals surface area contributed by atoms with Crippen molar-refractivity contribution in [2.75, 3.05) is 19.6 Å². The second-order valence-corrected chi connectivity index (χ2v) is 9.80. The number of carbonyl (C=O) groups is 1. The molecular formula is C21H31F3N2O3S. The maximum atomic E-state index is 12.9. The Morgan fingerprint density at radius 1 is 1.23 bits per heavy atom. The molecule has 30 heavy (non-hydrogen) atoms. The van der Waals surface area contributed by atoms with E-state index in [1.54, 1.807) is 0 Å². The number of rotatable bonds is 9. The van der Waals surface area contributed by atoms with Gasteiger partial charge in [0.25, 0.3) is 0 Å². The van der Waals surface area contributed by atoms with Crippen molar-refractivity contribution in [1.82, 2.24) is 9.62 Å². The van der Waals surface area contributed by atoms with Crippen molar-refractivity contribution in [2.45, 2.75) is 63.4 Å². The first-order valence-electron chi connectivity index (χ1n) is 10.5. The lowest BCUT2D eigenvalue weighted by Crippen LogP contribution is -2.43. The Bertz CT molecular complexity index is 804. The molecule has 2 rings (SSSR count). The van der Waals surface area contributed by atoms with E-state index in [1.807, 2.05) is 0 Å². The zero-order valence-corrected chi connectivity index (χ0v) is 18.4. The van der Waals surface area contributed by atoms with Crippen molar-refractivity contribution in [3.05, 3.63) is 29.8 Å². The molecule has 1 aliphatic rings. The number of nitrogens with one attached hydrogen (secondary N) is 1. The van der Waals surface area contributed by atoms with Crippen LogP contribution in [0.4, 0.5) is 13.2 Å². The Hall–Kier alpha value is -1.61. The van der Waals surface area contributed by atoms with Gasteiger partial charge >= 0.3 is 6.18 Å². The van der Waals surface area contributed by atoms with Gasteiger partial charge in [-0.1, -0.05) is 39.2 Å². The molecule has 0 aliphatic carbocycles. The lowest BCUT2D eigenvalue weighted by molar-refractivity contribution is -0.137. The third kappa shape index (κ3) is 6.44. The van der Waals surface area contributed by atoms with E-state index in [-0.39, 0.29) is 29.8 Å². The Kier molecular flexibility index (Phi) is 8.73. The molecular weight excluding hydrogens is 417 g/mol. The molecule has 1 fully saturated rings. The molecule has 1 aromatic rings. The second-order valence-electron chi connectivity index (χ2n) is 7.87. The average molecular weight is 449 g/mol. The number of piperidine rings is 1. The Morgan fingerprint density at radius 3 is 2.47 bits per heavy atom. The highest BCUT2D eigenvalue weighted by Crippen LogP contribution is 2.32. The molecule has 1 amide bonds. The molecule has 5 nitrogen and oxygen atoms in total. The lowest BCUT2D eigenvalue weighted by atomic mass is 9.95. The standard InChI is InChI=1S/C21H31F3N2O3S/c1-3-5-7-16(4-2)15-25-20(27)17-10-12-26(13-11-17)30(28,29)19-9-6-8-18(14-19)21(22,23)24/h6,8-9,14,16-17H,3-5,7,10-13,15H2,1-2H3,(H,25,27). The molecule has 1 unspecified atom stereocenters. The average Bonchev–Trinajstić information content (AvgIpc) is 2.73. The summed E-state index contributed by atoms with van der Waals surface area (Å²) in [5, 5.41) is 2.99. The van der Waals surface area contributed by atoms with E-state index in [0.29, 0.717) is 31.4 Å². The number of halogens is 3. The first kappa shape index (κ1) is 24.7. The molecule has 1 aromatic carbocycles. The Morgan fingerprint density at radius 2 is 1.90 bits per heavy atom. The van der Waals surface area contributed by atoms with E-state index in [4.69, 9.17) is 0 Å². The van der Waals surface area contributed by atoms with E-state index in [0.717, 1.165) is 37.8 Å². The van der Waals surface area contributed by atoms with Crippen molar-refractivity contribution >= 4 is 15.9 Å². The molecule has 1 saturated heterocycles. The van der Waals surface area contributed by atoms with Crippen LogP contribution < -0.4 is 5.32 Å². The number of amides is 1. The van der Waals surface area contributed by atoms with Crippen LogP contribution in [-0.4, -0.2) is 38.3 Å². The Labute approximate surface area is 177 Å². The number of hydrogen-bond acceptors (Lipinski definition) is 3. The summed E-state index contributed by atoms with van der Waals surface area (Å²) in [7, 11) is -4.03. The van der Waals surface area contributed by atoms with E-state index in [1.165, 1.54) is 10.4 Å². The number of unbranched alkanes of at least 4 members (excludes halogenated alkanes) is 1. The fourth-order valence-corrected chi connectivity index (χ4v) is 5.19. The Balaban J connectivity index is 1.94. The highest BCUT2D eigenvalue weighted by atomic mass is 32.2. The highest BCUT2D eigenvalue weighted by Gasteiger charge is 2.35. The molecule has 0 aromatic heterocycles. The minimum Gasteiger partial charge on any atom is -0.356 e. The SMILES string of the molecule is CCCCC(CC)CNC(=O)C1CCN(S(=O)(=O)c2cccc(C(F)(F)F)c2)CC1. The van der Waals surface area contributed by atoms with Crippen LogP contribution in [0.3, 0.4) is 0 Å². The van der Waals surface area contributed by atoms with Crippen LogP contribution in [0, 0.1) is 11.8 Å². The van der Waals surface area contributed by atoms with Gasteiger partial charge in [-0.05, 0) is 43.4 Å². The number of carbonyl (C=O) groups excluding carboxylic acids is 1. The highest BCUT2D eigenvalue weighted by molar-refractivity contribution is 7.89. The maximum absolute atomic E-state index is 12.9. The summed E-state index contributed by atoms with van der Waals surface area (Å²) in [6.07, 6.45) is 0.411. The number of hydrogen-bond donors (Lipinski definition) is 1. The third-order valence-corrected chi connectivity index (χ3v) is 7.63. The summed E-state index contributed by atoms with van der Waals surface area (Å²) in [6.45, 7) is 5.08. The predicted molar refractivity (Wildman–Crippen MR) is 109 cm³/mol. The summed E-state index contributed by atoms with van der Waals surface area (Å²) in [5.74, 6) is 0.0954. The lowest BCUT2D eigenvalue weighted by Gasteiger charge is -2.31. The molecule has 9 heteroatoms. The molecule has 0 spiro atoms. The van der Waals surface area contributed by atoms with Gasteiger partial charge in [0, 0.05) is 25.6 Å². The normalized spacial score (nSPS) is 17.6. The topological polar surface area (TPSA) is 66.5 Å². The van der Waals surface area contributed by atoms with Crippen LogP contribution in [0.15, 0.2) is 29.2 Å². The van der Waals surface area contributed by atoms with Crippen molar-refractivity contribution in [2.24, 2.45) is 11.8 Å². The summed E-state index contributed by atoms with van der Waals surface area (Å²) < 4.78 is 65.4. The number of alkyl halides is 3. The third-order valence-electron chi connectivity index (χ3n) is 5.73. The quantitative estimate of drug-likeness (QED) is 0.607. The van der Waals surface area contributed by atoms with Gasteiger partial charge in [0.1, 0.15) is 0 Å². The fourth-order valence-electron chi connectivity index (χ4n) is 3.67. The van der Waals surface area contributed by atoms with Crippen LogP contribution in [-0.2, 0) is 21.0 Å². The van der Waals surface area contributed by atoms with Crippen molar-refractivity contribution in [1.29, 1.82) is 0 Å². The predicted octanol–water partition coefficient (Wildman–Crippen LogP) is 4.44. The molecule has 0 saturated carbocycles. The van der Waals surface area contributed by atoms with Crippen LogP contribution in [0.5, 0.6) is 0 Å². The fraction of sp³-hybridized carbons (Fsp3) is 0.667. The number of benzene rings is 1. The molecule has 0 radical (unpaired) electrons. The molecule has 1 aliphatic heterocycles. The summed E-state index contributed by atoms with van der Waals surface area (Å²) >= 11 is 0. The molecule has 1 atom stereocenters. The zero-order valence-electron chi connectivity index (χ0n) is 17.5. The van der Waals surface area contributed by atoms with Crippen LogP contribution in [0.25, 0.3) is 0 Å². The second kappa shape index (κ2) is 10.6. The van der Waals surface area contributed by atoms with E-state index >= 15 is 0 Å². The van der Waals surface area contributed by atoms with E-state index < -0.39 is 21.8 Å². The van der Waals surface area contributed by atoms with Gasteiger partial charge < -0.3 is 5.32 Å². The summed E-state index contributed by atoms with van der Waals surface area (Å²) in [6, 6.07) is 3.78. The van der Waals surface area contributed by atoms with Gasteiger partial charge in [0.05, 0.1) is 10.5 Å². The minimum absolute atomic E-state index is 0.0685. The minimum atomic E-state index is -4.61. The van der Waals surface area contributed by atoms with Crippen LogP contribution in [0.2, 0.25) is 0 Å². The largest absolute Gasteiger partial charge is 0.416 e. The van der Waals surface area contributed by atoms with Gasteiger partial charge in [0.15, 0.2) is 0 Å². The van der Waals surface area contributed by atoms with E-state index in [2.05, 4.69) is 19.2 Å². The van der Waals surface area contributed by atoms with Crippen molar-refractivity contribution < 1.29 is 26.4 Å². The maximum Gasteiger partial charge on any atom is 0.416 e. The van der Waals surface area contributed by atoms with E-state index in [9.17, 15) is 26.4 Å². The van der Waals surface area contributed by atoms with Gasteiger partial charge in [-0.25, -0.2) is 8.42 Å². The van der Waals surface area contributed by atoms with Gasteiger partial charge in [0.2, 0.25) is 15.9 Å². The monoisotopic (exact) mass is 448 g/mol. The van der Waals surface area contributed by atoms with Crippen molar-refractivity contribution in [3.63, 3.8) is 0 Å². The first-order chi connectivity index (χ1) is 14.1. The molecule has 1 N–H and O–H groups in total. The van der Waals surface area contributed by atoms with Gasteiger partial charge in [-0.2, -0.15) is 17.5 Å². The molecule has 170 valence electrons. The van der Waals surface area contributed by atoms with Crippen molar-refractivity contribution in [3.8, 4) is 0 Å². The number of sulfonamides is 1. The van der Waals surface area contributed by atoms with Gasteiger partial charge in [-0.15, -0.1) is 0 Å². The summed E-state index contributed by atoms with van der Waals surface area (Å²) in [4.78, 5) is 12.1. The number of nitrogens with zero attached hydrogens (tertiary/aromatic N) is 1. The molecule has 1 heterocycles.